The first-order valence-electron chi connectivity index (χ1n) is 7.36. The maximum absolute atomic E-state index is 12.2. The first-order chi connectivity index (χ1) is 9.99. The van der Waals surface area contributed by atoms with Crippen molar-refractivity contribution < 1.29 is 23.9 Å². The molecule has 0 radical (unpaired) electrons. The zero-order chi connectivity index (χ0) is 15.8. The third kappa shape index (κ3) is 5.34. The van der Waals surface area contributed by atoms with Gasteiger partial charge in [-0.1, -0.05) is 0 Å². The molecular weight excluding hydrogens is 276 g/mol. The Morgan fingerprint density at radius 2 is 1.76 bits per heavy atom. The van der Waals surface area contributed by atoms with Crippen LogP contribution in [0.4, 0.5) is 0 Å². The van der Waals surface area contributed by atoms with Crippen molar-refractivity contribution in [2.24, 2.45) is 5.92 Å². The van der Waals surface area contributed by atoms with Crippen LogP contribution in [0, 0.1) is 5.92 Å². The molecule has 120 valence electrons. The van der Waals surface area contributed by atoms with Gasteiger partial charge in [0.1, 0.15) is 0 Å². The fraction of sp³-hybridized carbons (Fsp3) is 0.786. The maximum Gasteiger partial charge on any atom is 0.340 e. The minimum Gasteiger partial charge on any atom is -0.464 e. The van der Waals surface area contributed by atoms with Gasteiger partial charge in [-0.3, -0.25) is 4.79 Å². The molecule has 2 atom stereocenters. The van der Waals surface area contributed by atoms with Gasteiger partial charge in [0, 0.05) is 12.0 Å². The molecule has 1 aliphatic heterocycles. The van der Waals surface area contributed by atoms with Crippen LogP contribution in [0.15, 0.2) is 0 Å². The van der Waals surface area contributed by atoms with Crippen molar-refractivity contribution in [3.8, 4) is 0 Å². The van der Waals surface area contributed by atoms with Crippen LogP contribution in [0.1, 0.15) is 33.6 Å². The lowest BCUT2D eigenvalue weighted by atomic mass is 9.92. The lowest BCUT2D eigenvalue weighted by Crippen LogP contribution is -2.51. The van der Waals surface area contributed by atoms with Crippen molar-refractivity contribution in [2.75, 3.05) is 19.8 Å². The van der Waals surface area contributed by atoms with E-state index < -0.39 is 18.0 Å². The second-order valence-electron chi connectivity index (χ2n) is 5.02. The second kappa shape index (κ2) is 8.61. The average Bonchev–Trinajstić information content (AvgIpc) is 2.44. The molecular formula is C14H24N2O5. The smallest absolute Gasteiger partial charge is 0.340 e. The van der Waals surface area contributed by atoms with Crippen LogP contribution in [0.2, 0.25) is 0 Å². The molecule has 0 aliphatic carbocycles. The summed E-state index contributed by atoms with van der Waals surface area (Å²) >= 11 is 0. The number of hydrogen-bond acceptors (Lipinski definition) is 6. The van der Waals surface area contributed by atoms with Gasteiger partial charge in [0.15, 0.2) is 0 Å². The second-order valence-corrected chi connectivity index (χ2v) is 5.02. The first kappa shape index (κ1) is 17.4. The predicted octanol–water partition coefficient (Wildman–Crippen LogP) is -0.0145. The largest absolute Gasteiger partial charge is 0.464 e. The van der Waals surface area contributed by atoms with Gasteiger partial charge in [0.25, 0.3) is 0 Å². The predicted molar refractivity (Wildman–Crippen MR) is 75.4 cm³/mol. The summed E-state index contributed by atoms with van der Waals surface area (Å²) in [6, 6.07) is -1.15. The van der Waals surface area contributed by atoms with Crippen LogP contribution in [-0.2, 0) is 23.9 Å². The maximum atomic E-state index is 12.2. The number of esters is 2. The van der Waals surface area contributed by atoms with E-state index in [1.165, 1.54) is 0 Å². The van der Waals surface area contributed by atoms with Gasteiger partial charge in [-0.05, 0) is 40.2 Å². The fourth-order valence-corrected chi connectivity index (χ4v) is 2.30. The molecule has 1 heterocycles. The molecule has 0 unspecified atom stereocenters. The highest BCUT2D eigenvalue weighted by Gasteiger charge is 2.34. The van der Waals surface area contributed by atoms with Gasteiger partial charge in [0.05, 0.1) is 13.2 Å². The van der Waals surface area contributed by atoms with Crippen LogP contribution < -0.4 is 10.6 Å². The van der Waals surface area contributed by atoms with E-state index in [-0.39, 0.29) is 31.1 Å². The molecule has 0 spiro atoms. The van der Waals surface area contributed by atoms with Crippen molar-refractivity contribution in [3.05, 3.63) is 0 Å². The number of rotatable bonds is 6. The van der Waals surface area contributed by atoms with E-state index in [0.717, 1.165) is 6.54 Å². The third-order valence-corrected chi connectivity index (χ3v) is 3.33. The lowest BCUT2D eigenvalue weighted by Gasteiger charge is -2.28. The Bertz CT molecular complexity index is 368. The van der Waals surface area contributed by atoms with E-state index in [2.05, 4.69) is 10.6 Å². The molecule has 0 aromatic carbocycles. The summed E-state index contributed by atoms with van der Waals surface area (Å²) in [6.07, 6.45) is 1.35. The van der Waals surface area contributed by atoms with Crippen LogP contribution in [-0.4, -0.2) is 49.7 Å². The number of nitrogens with one attached hydrogen (secondary N) is 2. The highest BCUT2D eigenvalue weighted by molar-refractivity contribution is 6.02. The number of ether oxygens (including phenoxy) is 2. The Balaban J connectivity index is 2.68. The summed E-state index contributed by atoms with van der Waals surface area (Å²) < 4.78 is 9.63. The molecule has 0 aromatic heterocycles. The molecule has 21 heavy (non-hydrogen) atoms. The van der Waals surface area contributed by atoms with Crippen molar-refractivity contribution in [1.82, 2.24) is 10.6 Å². The van der Waals surface area contributed by atoms with Crippen LogP contribution >= 0.6 is 0 Å². The standard InChI is InChI=1S/C14H24N2O5/c1-4-20-13(18)11(14(19)21-5-2)16-12(17)10-6-7-15-9(3)8-10/h9-11,15H,4-8H2,1-3H3,(H,16,17)/t9-,10-/m0/s1. The van der Waals surface area contributed by atoms with Gasteiger partial charge in [0.2, 0.25) is 11.9 Å². The third-order valence-electron chi connectivity index (χ3n) is 3.33. The van der Waals surface area contributed by atoms with Crippen molar-refractivity contribution in [1.29, 1.82) is 0 Å². The van der Waals surface area contributed by atoms with Crippen molar-refractivity contribution in [3.63, 3.8) is 0 Å². The summed E-state index contributed by atoms with van der Waals surface area (Å²) in [5.74, 6) is -2.10. The Morgan fingerprint density at radius 3 is 2.24 bits per heavy atom. The van der Waals surface area contributed by atoms with E-state index in [1.54, 1.807) is 13.8 Å². The molecule has 1 amide bonds. The summed E-state index contributed by atoms with van der Waals surface area (Å²) in [7, 11) is 0. The van der Waals surface area contributed by atoms with E-state index in [4.69, 9.17) is 9.47 Å². The zero-order valence-corrected chi connectivity index (χ0v) is 12.8. The molecule has 1 aliphatic rings. The molecule has 0 saturated carbocycles. The first-order valence-corrected chi connectivity index (χ1v) is 7.36. The van der Waals surface area contributed by atoms with E-state index >= 15 is 0 Å². The van der Waals surface area contributed by atoms with E-state index in [0.29, 0.717) is 12.8 Å². The molecule has 1 rings (SSSR count). The monoisotopic (exact) mass is 300 g/mol. The minimum atomic E-state index is -1.39. The highest BCUT2D eigenvalue weighted by atomic mass is 16.6. The SMILES string of the molecule is CCOC(=O)C(NC(=O)[C@H]1CCN[C@@H](C)C1)C(=O)OCC. The number of amides is 1. The van der Waals surface area contributed by atoms with Crippen LogP contribution in [0.5, 0.6) is 0 Å². The molecule has 7 heteroatoms. The van der Waals surface area contributed by atoms with E-state index in [9.17, 15) is 14.4 Å². The number of carbonyl (C=O) groups excluding carboxylic acids is 3. The molecule has 1 saturated heterocycles. The Morgan fingerprint density at radius 1 is 1.19 bits per heavy atom. The number of carbonyl (C=O) groups is 3. The molecule has 0 aromatic rings. The van der Waals surface area contributed by atoms with E-state index in [1.807, 2.05) is 6.92 Å². The normalized spacial score (nSPS) is 21.7. The highest BCUT2D eigenvalue weighted by Crippen LogP contribution is 2.16. The topological polar surface area (TPSA) is 93.7 Å². The summed E-state index contributed by atoms with van der Waals surface area (Å²) in [6.45, 7) is 6.27. The van der Waals surface area contributed by atoms with Crippen molar-refractivity contribution in [2.45, 2.75) is 45.7 Å². The van der Waals surface area contributed by atoms with Gasteiger partial charge in [-0.2, -0.15) is 0 Å². The van der Waals surface area contributed by atoms with Gasteiger partial charge in [-0.15, -0.1) is 0 Å². The quantitative estimate of drug-likeness (QED) is 0.529. The summed E-state index contributed by atoms with van der Waals surface area (Å²) in [5, 5.41) is 5.70. The minimum absolute atomic E-state index is 0.134. The van der Waals surface area contributed by atoms with Gasteiger partial charge >= 0.3 is 11.9 Å². The molecule has 2 N–H and O–H groups in total. The molecule has 0 bridgehead atoms. The number of piperidine rings is 1. The van der Waals surface area contributed by atoms with Crippen LogP contribution in [0.25, 0.3) is 0 Å². The summed E-state index contributed by atoms with van der Waals surface area (Å²) in [5.41, 5.74) is 0. The fourth-order valence-electron chi connectivity index (χ4n) is 2.30. The summed E-state index contributed by atoms with van der Waals surface area (Å²) in [4.78, 5) is 35.8. The molecule has 1 fully saturated rings. The van der Waals surface area contributed by atoms with Gasteiger partial charge in [-0.25, -0.2) is 9.59 Å². The molecule has 7 nitrogen and oxygen atoms in total. The van der Waals surface area contributed by atoms with Crippen LogP contribution in [0.3, 0.4) is 0 Å². The Kier molecular flexibility index (Phi) is 7.14. The zero-order valence-electron chi connectivity index (χ0n) is 12.8. The Hall–Kier alpha value is -1.63. The van der Waals surface area contributed by atoms with Crippen molar-refractivity contribution >= 4 is 17.8 Å². The average molecular weight is 300 g/mol. The van der Waals surface area contributed by atoms with Gasteiger partial charge < -0.3 is 20.1 Å². The lowest BCUT2D eigenvalue weighted by molar-refractivity contribution is -0.160. The Labute approximate surface area is 124 Å². The number of hydrogen-bond donors (Lipinski definition) is 2.